The maximum Gasteiger partial charge on any atom is 0.176 e. The van der Waals surface area contributed by atoms with Crippen LogP contribution in [0.15, 0.2) is 29.4 Å². The van der Waals surface area contributed by atoms with Crippen molar-refractivity contribution in [2.24, 2.45) is 5.16 Å². The van der Waals surface area contributed by atoms with Gasteiger partial charge in [-0.3, -0.25) is 0 Å². The topological polar surface area (TPSA) is 56.4 Å². The summed E-state index contributed by atoms with van der Waals surface area (Å²) in [6.45, 7) is 0. The van der Waals surface area contributed by atoms with Gasteiger partial charge in [0.25, 0.3) is 0 Å². The summed E-state index contributed by atoms with van der Waals surface area (Å²) in [4.78, 5) is 0. The number of benzene rings is 1. The van der Waals surface area contributed by atoms with Crippen LogP contribution in [-0.2, 0) is 0 Å². The van der Waals surface area contributed by atoms with E-state index in [9.17, 15) is 0 Å². The quantitative estimate of drug-likeness (QED) is 0.408. The predicted molar refractivity (Wildman–Crippen MR) is 45.3 cm³/mol. The number of nitrogens with zero attached hydrogens (tertiary/aromatic N) is 2. The average molecular weight is 181 g/mol. The third-order valence-electron chi connectivity index (χ3n) is 1.36. The SMILES string of the molecule is N#Cc1ccccc1/C(Cl)=N\O. The normalized spacial score (nSPS) is 10.8. The van der Waals surface area contributed by atoms with Crippen molar-refractivity contribution >= 4 is 16.8 Å². The van der Waals surface area contributed by atoms with E-state index in [0.29, 0.717) is 11.1 Å². The Morgan fingerprint density at radius 1 is 1.50 bits per heavy atom. The minimum atomic E-state index is -0.0767. The number of hydrogen-bond acceptors (Lipinski definition) is 3. The van der Waals surface area contributed by atoms with E-state index in [1.165, 1.54) is 0 Å². The number of rotatable bonds is 1. The molecule has 3 nitrogen and oxygen atoms in total. The van der Waals surface area contributed by atoms with Gasteiger partial charge in [0.2, 0.25) is 0 Å². The minimum Gasteiger partial charge on any atom is -0.410 e. The number of nitriles is 1. The van der Waals surface area contributed by atoms with Crippen molar-refractivity contribution in [3.8, 4) is 6.07 Å². The highest BCUT2D eigenvalue weighted by atomic mass is 35.5. The van der Waals surface area contributed by atoms with Gasteiger partial charge in [0, 0.05) is 5.56 Å². The fourth-order valence-corrected chi connectivity index (χ4v) is 0.979. The highest BCUT2D eigenvalue weighted by Crippen LogP contribution is 2.10. The maximum atomic E-state index is 8.62. The Kier molecular flexibility index (Phi) is 2.67. The van der Waals surface area contributed by atoms with E-state index < -0.39 is 0 Å². The summed E-state index contributed by atoms with van der Waals surface area (Å²) in [7, 11) is 0. The van der Waals surface area contributed by atoms with E-state index in [1.807, 2.05) is 6.07 Å². The fourth-order valence-electron chi connectivity index (χ4n) is 0.814. The Balaban J connectivity index is 3.25. The van der Waals surface area contributed by atoms with Crippen LogP contribution in [0, 0.1) is 11.3 Å². The van der Waals surface area contributed by atoms with Crippen molar-refractivity contribution in [1.82, 2.24) is 0 Å². The zero-order chi connectivity index (χ0) is 8.97. The molecule has 0 heterocycles. The molecular weight excluding hydrogens is 176 g/mol. The van der Waals surface area contributed by atoms with Crippen LogP contribution in [0.4, 0.5) is 0 Å². The second-order valence-corrected chi connectivity index (χ2v) is 2.41. The summed E-state index contributed by atoms with van der Waals surface area (Å²) in [5.74, 6) is 0. The maximum absolute atomic E-state index is 8.62. The summed E-state index contributed by atoms with van der Waals surface area (Å²) < 4.78 is 0. The molecular formula is C8H5ClN2O. The monoisotopic (exact) mass is 180 g/mol. The van der Waals surface area contributed by atoms with Crippen LogP contribution in [0.25, 0.3) is 0 Å². The van der Waals surface area contributed by atoms with Gasteiger partial charge in [0.1, 0.15) is 0 Å². The van der Waals surface area contributed by atoms with Crippen LogP contribution < -0.4 is 0 Å². The standard InChI is InChI=1S/C8H5ClN2O/c9-8(11-12)7-4-2-1-3-6(7)5-10/h1-4,12H/b11-8+. The zero-order valence-electron chi connectivity index (χ0n) is 6.03. The number of hydrogen-bond donors (Lipinski definition) is 1. The predicted octanol–water partition coefficient (Wildman–Crippen LogP) is 1.93. The third kappa shape index (κ3) is 1.55. The first-order valence-corrected chi connectivity index (χ1v) is 3.54. The van der Waals surface area contributed by atoms with Crippen LogP contribution in [0.1, 0.15) is 11.1 Å². The van der Waals surface area contributed by atoms with Gasteiger partial charge in [-0.15, -0.1) is 0 Å². The lowest BCUT2D eigenvalue weighted by Crippen LogP contribution is -1.94. The van der Waals surface area contributed by atoms with Crippen molar-refractivity contribution in [2.45, 2.75) is 0 Å². The number of halogens is 1. The van der Waals surface area contributed by atoms with Gasteiger partial charge in [-0.1, -0.05) is 35.0 Å². The molecule has 0 unspecified atom stereocenters. The van der Waals surface area contributed by atoms with E-state index in [4.69, 9.17) is 22.1 Å². The molecule has 0 aromatic heterocycles. The first-order chi connectivity index (χ1) is 5.79. The first kappa shape index (κ1) is 8.57. The Labute approximate surface area is 74.5 Å². The summed E-state index contributed by atoms with van der Waals surface area (Å²) in [5.41, 5.74) is 0.824. The van der Waals surface area contributed by atoms with Gasteiger partial charge in [-0.2, -0.15) is 5.26 Å². The van der Waals surface area contributed by atoms with Crippen molar-refractivity contribution in [1.29, 1.82) is 5.26 Å². The molecule has 1 rings (SSSR count). The number of oxime groups is 1. The molecule has 0 aliphatic rings. The highest BCUT2D eigenvalue weighted by Gasteiger charge is 2.05. The lowest BCUT2D eigenvalue weighted by atomic mass is 10.1. The van der Waals surface area contributed by atoms with Crippen LogP contribution in [0.2, 0.25) is 0 Å². The average Bonchev–Trinajstić information content (AvgIpc) is 2.16. The van der Waals surface area contributed by atoms with Crippen molar-refractivity contribution in [2.75, 3.05) is 0 Å². The van der Waals surface area contributed by atoms with Gasteiger partial charge in [-0.25, -0.2) is 0 Å². The zero-order valence-corrected chi connectivity index (χ0v) is 6.78. The molecule has 0 aliphatic carbocycles. The van der Waals surface area contributed by atoms with Gasteiger partial charge in [0.15, 0.2) is 5.17 Å². The molecule has 0 radical (unpaired) electrons. The Hall–Kier alpha value is -1.53. The molecule has 0 atom stereocenters. The van der Waals surface area contributed by atoms with E-state index in [-0.39, 0.29) is 5.17 Å². The van der Waals surface area contributed by atoms with Gasteiger partial charge < -0.3 is 5.21 Å². The Morgan fingerprint density at radius 3 is 2.75 bits per heavy atom. The molecule has 1 aromatic carbocycles. The second-order valence-electron chi connectivity index (χ2n) is 2.05. The van der Waals surface area contributed by atoms with E-state index in [1.54, 1.807) is 24.3 Å². The highest BCUT2D eigenvalue weighted by molar-refractivity contribution is 6.69. The summed E-state index contributed by atoms with van der Waals surface area (Å²) in [6.07, 6.45) is 0. The minimum absolute atomic E-state index is 0.0767. The van der Waals surface area contributed by atoms with Gasteiger partial charge >= 0.3 is 0 Å². The lowest BCUT2D eigenvalue weighted by molar-refractivity contribution is 0.321. The largest absolute Gasteiger partial charge is 0.410 e. The third-order valence-corrected chi connectivity index (χ3v) is 1.64. The fraction of sp³-hybridized carbons (Fsp3) is 0. The molecule has 0 spiro atoms. The van der Waals surface area contributed by atoms with Crippen molar-refractivity contribution in [3.05, 3.63) is 35.4 Å². The molecule has 0 saturated heterocycles. The van der Waals surface area contributed by atoms with E-state index in [0.717, 1.165) is 0 Å². The molecule has 0 aliphatic heterocycles. The van der Waals surface area contributed by atoms with Crippen LogP contribution in [0.3, 0.4) is 0 Å². The van der Waals surface area contributed by atoms with E-state index >= 15 is 0 Å². The molecule has 0 saturated carbocycles. The van der Waals surface area contributed by atoms with Crippen LogP contribution in [-0.4, -0.2) is 10.4 Å². The summed E-state index contributed by atoms with van der Waals surface area (Å²) in [5, 5.41) is 19.7. The van der Waals surface area contributed by atoms with Crippen LogP contribution in [0.5, 0.6) is 0 Å². The smallest absolute Gasteiger partial charge is 0.176 e. The lowest BCUT2D eigenvalue weighted by Gasteiger charge is -1.97. The molecule has 12 heavy (non-hydrogen) atoms. The summed E-state index contributed by atoms with van der Waals surface area (Å²) >= 11 is 5.52. The second kappa shape index (κ2) is 3.74. The molecule has 1 N–H and O–H groups in total. The molecule has 0 amide bonds. The van der Waals surface area contributed by atoms with Gasteiger partial charge in [0.05, 0.1) is 11.6 Å². The molecule has 1 aromatic rings. The molecule has 0 bridgehead atoms. The van der Waals surface area contributed by atoms with Crippen molar-refractivity contribution in [3.63, 3.8) is 0 Å². The molecule has 60 valence electrons. The molecule has 4 heteroatoms. The Morgan fingerprint density at radius 2 is 2.17 bits per heavy atom. The van der Waals surface area contributed by atoms with Gasteiger partial charge in [-0.05, 0) is 6.07 Å². The Bertz CT molecular complexity index is 354. The molecule has 0 fully saturated rings. The van der Waals surface area contributed by atoms with Crippen LogP contribution >= 0.6 is 11.6 Å². The van der Waals surface area contributed by atoms with E-state index in [2.05, 4.69) is 5.16 Å². The first-order valence-electron chi connectivity index (χ1n) is 3.16. The summed E-state index contributed by atoms with van der Waals surface area (Å²) in [6, 6.07) is 8.57. The van der Waals surface area contributed by atoms with Crippen molar-refractivity contribution < 1.29 is 5.21 Å².